The van der Waals surface area contributed by atoms with Crippen LogP contribution in [0.3, 0.4) is 0 Å². The van der Waals surface area contributed by atoms with Gasteiger partial charge < -0.3 is 15.1 Å². The molecule has 1 aliphatic heterocycles. The van der Waals surface area contributed by atoms with Gasteiger partial charge in [0.05, 0.1) is 12.1 Å². The van der Waals surface area contributed by atoms with Crippen molar-refractivity contribution < 1.29 is 9.21 Å². The molecule has 1 fully saturated rings. The maximum atomic E-state index is 12.7. The Morgan fingerprint density at radius 2 is 2.00 bits per heavy atom. The highest BCUT2D eigenvalue weighted by molar-refractivity contribution is 5.82. The van der Waals surface area contributed by atoms with Crippen molar-refractivity contribution in [3.05, 3.63) is 36.1 Å². The van der Waals surface area contributed by atoms with Gasteiger partial charge in [0, 0.05) is 5.39 Å². The van der Waals surface area contributed by atoms with E-state index >= 15 is 0 Å². The van der Waals surface area contributed by atoms with Crippen LogP contribution >= 0.6 is 0 Å². The van der Waals surface area contributed by atoms with Gasteiger partial charge in [-0.05, 0) is 77.8 Å². The molecule has 142 valence electrons. The summed E-state index contributed by atoms with van der Waals surface area (Å²) in [4.78, 5) is 15.0. The Hall–Kier alpha value is -1.85. The molecule has 0 aliphatic carbocycles. The lowest BCUT2D eigenvalue weighted by molar-refractivity contribution is -0.127. The predicted molar refractivity (Wildman–Crippen MR) is 105 cm³/mol. The zero-order valence-electron chi connectivity index (χ0n) is 16.1. The van der Waals surface area contributed by atoms with Gasteiger partial charge in [-0.1, -0.05) is 18.2 Å². The summed E-state index contributed by atoms with van der Waals surface area (Å²) in [5, 5.41) is 7.41. The van der Waals surface area contributed by atoms with Crippen molar-refractivity contribution in [3.8, 4) is 0 Å². The molecule has 0 saturated carbocycles. The monoisotopic (exact) mass is 357 g/mol. The van der Waals surface area contributed by atoms with E-state index in [0.717, 1.165) is 42.3 Å². The summed E-state index contributed by atoms with van der Waals surface area (Å²) in [6.07, 6.45) is 3.59. The molecular formula is C21H31N3O2. The molecule has 3 rings (SSSR count). The number of para-hydroxylation sites is 1. The van der Waals surface area contributed by atoms with Crippen LogP contribution in [0.4, 0.5) is 0 Å². The van der Waals surface area contributed by atoms with Crippen LogP contribution in [0.5, 0.6) is 0 Å². The summed E-state index contributed by atoms with van der Waals surface area (Å²) in [5.74, 6) is 1.66. The Balaban J connectivity index is 1.52. The maximum absolute atomic E-state index is 12.7. The Bertz CT molecular complexity index is 686. The molecule has 1 aromatic heterocycles. The number of amides is 1. The molecule has 0 radical (unpaired) electrons. The number of rotatable bonds is 7. The molecule has 5 heteroatoms. The van der Waals surface area contributed by atoms with E-state index in [9.17, 15) is 4.79 Å². The maximum Gasteiger partial charge on any atom is 0.237 e. The second-order valence-corrected chi connectivity index (χ2v) is 7.46. The second-order valence-electron chi connectivity index (χ2n) is 7.46. The average molecular weight is 357 g/mol. The first-order chi connectivity index (χ1) is 12.6. The number of furan rings is 1. The predicted octanol–water partition coefficient (Wildman–Crippen LogP) is 3.32. The van der Waals surface area contributed by atoms with Crippen molar-refractivity contribution in [2.75, 3.05) is 26.7 Å². The number of carbonyl (C=O) groups excluding carboxylic acids is 1. The van der Waals surface area contributed by atoms with E-state index in [-0.39, 0.29) is 18.0 Å². The lowest BCUT2D eigenvalue weighted by atomic mass is 9.92. The van der Waals surface area contributed by atoms with Crippen LogP contribution < -0.4 is 10.6 Å². The van der Waals surface area contributed by atoms with Crippen molar-refractivity contribution in [2.45, 2.75) is 45.2 Å². The molecule has 0 bridgehead atoms. The van der Waals surface area contributed by atoms with Gasteiger partial charge in [-0.3, -0.25) is 9.69 Å². The van der Waals surface area contributed by atoms with E-state index in [0.29, 0.717) is 0 Å². The number of carbonyl (C=O) groups is 1. The first kappa shape index (κ1) is 18.9. The summed E-state index contributed by atoms with van der Waals surface area (Å²) in [6.45, 7) is 7.07. The smallest absolute Gasteiger partial charge is 0.237 e. The van der Waals surface area contributed by atoms with Gasteiger partial charge in [0.2, 0.25) is 5.91 Å². The number of piperidine rings is 1. The fourth-order valence-electron chi connectivity index (χ4n) is 3.76. The second kappa shape index (κ2) is 8.69. The molecule has 1 aliphatic rings. The molecule has 2 aromatic rings. The van der Waals surface area contributed by atoms with Gasteiger partial charge >= 0.3 is 0 Å². The largest absolute Gasteiger partial charge is 0.459 e. The number of hydrogen-bond donors (Lipinski definition) is 2. The van der Waals surface area contributed by atoms with Crippen LogP contribution in [0.25, 0.3) is 11.0 Å². The van der Waals surface area contributed by atoms with Crippen LogP contribution in [0.2, 0.25) is 0 Å². The highest BCUT2D eigenvalue weighted by atomic mass is 16.3. The fraction of sp³-hybridized carbons (Fsp3) is 0.571. The Morgan fingerprint density at radius 1 is 1.27 bits per heavy atom. The highest BCUT2D eigenvalue weighted by Crippen LogP contribution is 2.25. The lowest BCUT2D eigenvalue weighted by Crippen LogP contribution is -2.48. The van der Waals surface area contributed by atoms with Gasteiger partial charge in [-0.15, -0.1) is 0 Å². The minimum Gasteiger partial charge on any atom is -0.459 e. The zero-order valence-corrected chi connectivity index (χ0v) is 16.1. The van der Waals surface area contributed by atoms with Crippen molar-refractivity contribution in [1.82, 2.24) is 15.5 Å². The summed E-state index contributed by atoms with van der Waals surface area (Å²) in [7, 11) is 2.00. The number of hydrogen-bond acceptors (Lipinski definition) is 4. The van der Waals surface area contributed by atoms with E-state index in [1.165, 1.54) is 19.3 Å². The molecular weight excluding hydrogens is 326 g/mol. The van der Waals surface area contributed by atoms with Crippen LogP contribution in [0.1, 0.15) is 44.9 Å². The molecule has 2 N–H and O–H groups in total. The quantitative estimate of drug-likeness (QED) is 0.798. The van der Waals surface area contributed by atoms with E-state index < -0.39 is 0 Å². The van der Waals surface area contributed by atoms with Gasteiger partial charge in [0.25, 0.3) is 0 Å². The van der Waals surface area contributed by atoms with E-state index in [1.54, 1.807) is 0 Å². The van der Waals surface area contributed by atoms with E-state index in [4.69, 9.17) is 4.42 Å². The third-order valence-electron chi connectivity index (χ3n) is 5.61. The van der Waals surface area contributed by atoms with Gasteiger partial charge in [-0.2, -0.15) is 0 Å². The number of nitrogens with zero attached hydrogens (tertiary/aromatic N) is 1. The van der Waals surface area contributed by atoms with Crippen LogP contribution in [-0.2, 0) is 4.79 Å². The molecule has 1 amide bonds. The third kappa shape index (κ3) is 4.46. The molecule has 2 heterocycles. The SMILES string of the molecule is CNCCC1CCN(C(C)C(=O)NC(C)c2cc3ccccc3o2)CC1. The van der Waals surface area contributed by atoms with Crippen LogP contribution in [0.15, 0.2) is 34.7 Å². The van der Waals surface area contributed by atoms with Crippen molar-refractivity contribution in [1.29, 1.82) is 0 Å². The molecule has 5 nitrogen and oxygen atoms in total. The summed E-state index contributed by atoms with van der Waals surface area (Å²) in [6, 6.07) is 9.70. The van der Waals surface area contributed by atoms with Crippen LogP contribution in [0, 0.1) is 5.92 Å². The van der Waals surface area contributed by atoms with Crippen LogP contribution in [-0.4, -0.2) is 43.5 Å². The number of likely N-dealkylation sites (tertiary alicyclic amines) is 1. The summed E-state index contributed by atoms with van der Waals surface area (Å²) < 4.78 is 5.87. The van der Waals surface area contributed by atoms with Crippen molar-refractivity contribution in [3.63, 3.8) is 0 Å². The van der Waals surface area contributed by atoms with Gasteiger partial charge in [-0.25, -0.2) is 0 Å². The fourth-order valence-corrected chi connectivity index (χ4v) is 3.76. The standard InChI is InChI=1S/C21H31N3O2/c1-15(20-14-18-6-4-5-7-19(18)26-20)23-21(25)16(2)24-12-9-17(10-13-24)8-11-22-3/h4-7,14-17,22H,8-13H2,1-3H3,(H,23,25). The number of benzene rings is 1. The molecule has 1 aromatic carbocycles. The topological polar surface area (TPSA) is 57.5 Å². The van der Waals surface area contributed by atoms with Crippen molar-refractivity contribution in [2.24, 2.45) is 5.92 Å². The first-order valence-electron chi connectivity index (χ1n) is 9.76. The zero-order chi connectivity index (χ0) is 18.5. The third-order valence-corrected chi connectivity index (χ3v) is 5.61. The minimum atomic E-state index is -0.134. The summed E-state index contributed by atoms with van der Waals surface area (Å²) >= 11 is 0. The molecule has 26 heavy (non-hydrogen) atoms. The van der Waals surface area contributed by atoms with E-state index in [2.05, 4.69) is 15.5 Å². The lowest BCUT2D eigenvalue weighted by Gasteiger charge is -2.35. The Kier molecular flexibility index (Phi) is 6.33. The average Bonchev–Trinajstić information content (AvgIpc) is 3.10. The van der Waals surface area contributed by atoms with Crippen molar-refractivity contribution >= 4 is 16.9 Å². The van der Waals surface area contributed by atoms with Gasteiger partial charge in [0.1, 0.15) is 11.3 Å². The summed E-state index contributed by atoms with van der Waals surface area (Å²) in [5.41, 5.74) is 0.861. The van der Waals surface area contributed by atoms with Gasteiger partial charge in [0.15, 0.2) is 0 Å². The molecule has 2 atom stereocenters. The normalized spacial score (nSPS) is 18.7. The number of nitrogens with one attached hydrogen (secondary N) is 2. The molecule has 0 spiro atoms. The Labute approximate surface area is 156 Å². The number of fused-ring (bicyclic) bond motifs is 1. The van der Waals surface area contributed by atoms with E-state index in [1.807, 2.05) is 51.2 Å². The minimum absolute atomic E-state index is 0.0756. The Morgan fingerprint density at radius 3 is 2.69 bits per heavy atom. The first-order valence-corrected chi connectivity index (χ1v) is 9.76. The molecule has 1 saturated heterocycles. The molecule has 2 unspecified atom stereocenters. The highest BCUT2D eigenvalue weighted by Gasteiger charge is 2.27.